The Balaban J connectivity index is 1.30. The second-order valence-corrected chi connectivity index (χ2v) is 9.67. The molecule has 2 aromatic heterocycles. The topological polar surface area (TPSA) is 120 Å². The number of hydrogen-bond acceptors (Lipinski definition) is 8. The number of fused-ring (bicyclic) bond motifs is 3. The fourth-order valence-electron chi connectivity index (χ4n) is 4.77. The maximum Gasteiger partial charge on any atom is 0.320 e. The molecular weight excluding hydrogens is 468 g/mol. The molecule has 37 heavy (non-hydrogen) atoms. The number of aliphatic hydroxyl groups is 1. The van der Waals surface area contributed by atoms with Gasteiger partial charge in [-0.05, 0) is 48.6 Å². The molecule has 0 radical (unpaired) electrons. The van der Waals surface area contributed by atoms with E-state index in [9.17, 15) is 5.11 Å². The zero-order chi connectivity index (χ0) is 25.4. The molecule has 4 bridgehead atoms. The predicted molar refractivity (Wildman–Crippen MR) is 141 cm³/mol. The van der Waals surface area contributed by atoms with Gasteiger partial charge in [0.05, 0.1) is 25.5 Å². The largest absolute Gasteiger partial charge is 0.465 e. The summed E-state index contributed by atoms with van der Waals surface area (Å²) in [6.45, 7) is 3.68. The standard InChI is InChI=1S/C28H30N6O3/c1-17-31-25-26(29)32-28-33-27(25)34(17)16-19-6-9-23(24(12-19)36-10-2-3-11-37-28)20-7-4-18(5-8-20)15-30-21-13-22(35)14-21/h2,4-10,12,21-22,30,35H,3,11,13-16H2,1H3,(H2,29,32,33)/b10-2-. The zero-order valence-electron chi connectivity index (χ0n) is 20.7. The van der Waals surface area contributed by atoms with E-state index >= 15 is 0 Å². The lowest BCUT2D eigenvalue weighted by Gasteiger charge is -2.32. The van der Waals surface area contributed by atoms with Gasteiger partial charge in [-0.3, -0.25) is 0 Å². The minimum absolute atomic E-state index is 0.147. The number of nitrogens with two attached hydrogens (primary N) is 1. The monoisotopic (exact) mass is 498 g/mol. The van der Waals surface area contributed by atoms with E-state index in [1.165, 1.54) is 5.56 Å². The quantitative estimate of drug-likeness (QED) is 0.389. The second-order valence-electron chi connectivity index (χ2n) is 9.67. The van der Waals surface area contributed by atoms with Crippen molar-refractivity contribution < 1.29 is 14.6 Å². The molecule has 6 rings (SSSR count). The summed E-state index contributed by atoms with van der Waals surface area (Å²) in [7, 11) is 0. The Morgan fingerprint density at radius 3 is 2.76 bits per heavy atom. The number of ether oxygens (including phenoxy) is 2. The fourth-order valence-corrected chi connectivity index (χ4v) is 4.77. The summed E-state index contributed by atoms with van der Waals surface area (Å²) in [6, 6.07) is 15.4. The Morgan fingerprint density at radius 1 is 1.11 bits per heavy atom. The molecule has 0 atom stereocenters. The zero-order valence-corrected chi connectivity index (χ0v) is 20.7. The van der Waals surface area contributed by atoms with Gasteiger partial charge in [-0.2, -0.15) is 9.97 Å². The first-order valence-electron chi connectivity index (χ1n) is 12.6. The van der Waals surface area contributed by atoms with Crippen molar-refractivity contribution in [1.29, 1.82) is 0 Å². The molecule has 1 saturated carbocycles. The van der Waals surface area contributed by atoms with Gasteiger partial charge in [0.2, 0.25) is 0 Å². The number of nitrogens with one attached hydrogen (secondary N) is 1. The van der Waals surface area contributed by atoms with Crippen molar-refractivity contribution in [3.8, 4) is 22.9 Å². The maximum absolute atomic E-state index is 9.48. The molecule has 0 spiro atoms. The van der Waals surface area contributed by atoms with Crippen LogP contribution < -0.4 is 20.5 Å². The lowest BCUT2D eigenvalue weighted by Crippen LogP contribution is -2.43. The normalized spacial score (nSPS) is 20.1. The van der Waals surface area contributed by atoms with Crippen LogP contribution in [0.2, 0.25) is 0 Å². The molecular formula is C28H30N6O3. The Labute approximate surface area is 215 Å². The molecule has 4 N–H and O–H groups in total. The number of aromatic nitrogens is 4. The fraction of sp³-hybridized carbons (Fsp3) is 0.321. The van der Waals surface area contributed by atoms with Gasteiger partial charge in [0.15, 0.2) is 17.0 Å². The SMILES string of the molecule is Cc1nc2c(N)nc3nc2n1Cc1ccc(-c2ccc(CNC4CC(O)C4)cc2)c(c1)O/C=C\CCO3. The van der Waals surface area contributed by atoms with Gasteiger partial charge in [0.25, 0.3) is 0 Å². The maximum atomic E-state index is 9.48. The molecule has 0 unspecified atom stereocenters. The third-order valence-corrected chi connectivity index (χ3v) is 6.96. The third-order valence-electron chi connectivity index (χ3n) is 6.96. The van der Waals surface area contributed by atoms with Crippen molar-refractivity contribution in [1.82, 2.24) is 24.8 Å². The molecule has 9 nitrogen and oxygen atoms in total. The summed E-state index contributed by atoms with van der Waals surface area (Å²) in [6.07, 6.45) is 5.78. The number of anilines is 1. The molecule has 1 fully saturated rings. The van der Waals surface area contributed by atoms with Gasteiger partial charge in [0.1, 0.15) is 11.6 Å². The Bertz CT molecular complexity index is 1460. The number of aliphatic hydroxyl groups excluding tert-OH is 1. The lowest BCUT2D eigenvalue weighted by atomic mass is 9.89. The number of imidazole rings is 1. The highest BCUT2D eigenvalue weighted by atomic mass is 16.5. The molecule has 2 aromatic carbocycles. The van der Waals surface area contributed by atoms with Crippen molar-refractivity contribution in [3.05, 3.63) is 71.8 Å². The number of rotatable bonds is 4. The van der Waals surface area contributed by atoms with Crippen molar-refractivity contribution in [2.45, 2.75) is 51.4 Å². The highest BCUT2D eigenvalue weighted by Gasteiger charge is 2.26. The van der Waals surface area contributed by atoms with Gasteiger partial charge in [-0.25, -0.2) is 4.98 Å². The van der Waals surface area contributed by atoms with Gasteiger partial charge in [-0.1, -0.05) is 36.4 Å². The van der Waals surface area contributed by atoms with E-state index in [0.29, 0.717) is 42.6 Å². The number of nitrogen functional groups attached to an aromatic ring is 1. The number of hydrogen-bond donors (Lipinski definition) is 3. The average Bonchev–Trinajstić information content (AvgIpc) is 3.19. The molecule has 1 aliphatic heterocycles. The minimum Gasteiger partial charge on any atom is -0.465 e. The van der Waals surface area contributed by atoms with E-state index in [2.05, 4.69) is 62.7 Å². The second kappa shape index (κ2) is 9.84. The Hall–Kier alpha value is -3.95. The van der Waals surface area contributed by atoms with Crippen LogP contribution in [0.1, 0.15) is 36.2 Å². The van der Waals surface area contributed by atoms with E-state index in [1.54, 1.807) is 6.26 Å². The summed E-state index contributed by atoms with van der Waals surface area (Å²) in [5.74, 6) is 1.89. The van der Waals surface area contributed by atoms with E-state index in [1.807, 2.05) is 17.6 Å². The highest BCUT2D eigenvalue weighted by Crippen LogP contribution is 2.33. The molecule has 0 saturated heterocycles. The Morgan fingerprint density at radius 2 is 1.95 bits per heavy atom. The highest BCUT2D eigenvalue weighted by molar-refractivity contribution is 5.82. The lowest BCUT2D eigenvalue weighted by molar-refractivity contribution is 0.0619. The van der Waals surface area contributed by atoms with E-state index in [4.69, 9.17) is 15.2 Å². The van der Waals surface area contributed by atoms with E-state index < -0.39 is 0 Å². The van der Waals surface area contributed by atoms with Gasteiger partial charge in [-0.15, -0.1) is 0 Å². The van der Waals surface area contributed by atoms with Crippen LogP contribution in [0.15, 0.2) is 54.8 Å². The summed E-state index contributed by atoms with van der Waals surface area (Å²) < 4.78 is 13.9. The molecule has 9 heteroatoms. The Kier molecular flexibility index (Phi) is 6.23. The van der Waals surface area contributed by atoms with Crippen LogP contribution in [-0.2, 0) is 13.1 Å². The van der Waals surface area contributed by atoms with Crippen molar-refractivity contribution in [3.63, 3.8) is 0 Å². The predicted octanol–water partition coefficient (Wildman–Crippen LogP) is 3.72. The van der Waals surface area contributed by atoms with Gasteiger partial charge < -0.3 is 30.2 Å². The summed E-state index contributed by atoms with van der Waals surface area (Å²) in [5, 5.41) is 13.0. The van der Waals surface area contributed by atoms with Gasteiger partial charge in [0, 0.05) is 24.6 Å². The molecule has 4 aromatic rings. The number of benzene rings is 2. The van der Waals surface area contributed by atoms with Crippen LogP contribution in [0.4, 0.5) is 5.82 Å². The van der Waals surface area contributed by atoms with Crippen LogP contribution in [-0.4, -0.2) is 43.4 Å². The van der Waals surface area contributed by atoms with Crippen molar-refractivity contribution >= 4 is 17.0 Å². The third kappa shape index (κ3) is 4.87. The molecule has 3 heterocycles. The van der Waals surface area contributed by atoms with Crippen molar-refractivity contribution in [2.75, 3.05) is 12.3 Å². The van der Waals surface area contributed by atoms with Gasteiger partial charge >= 0.3 is 6.01 Å². The summed E-state index contributed by atoms with van der Waals surface area (Å²) in [4.78, 5) is 13.4. The van der Waals surface area contributed by atoms with Crippen LogP contribution in [0, 0.1) is 6.92 Å². The first kappa shape index (κ1) is 23.4. The van der Waals surface area contributed by atoms with Crippen LogP contribution >= 0.6 is 0 Å². The molecule has 190 valence electrons. The van der Waals surface area contributed by atoms with Crippen molar-refractivity contribution in [2.24, 2.45) is 0 Å². The van der Waals surface area contributed by atoms with Crippen LogP contribution in [0.5, 0.6) is 11.8 Å². The first-order valence-corrected chi connectivity index (χ1v) is 12.6. The van der Waals surface area contributed by atoms with Crippen LogP contribution in [0.3, 0.4) is 0 Å². The molecule has 1 aliphatic carbocycles. The molecule has 0 amide bonds. The number of nitrogens with zero attached hydrogens (tertiary/aromatic N) is 4. The van der Waals surface area contributed by atoms with E-state index in [-0.39, 0.29) is 12.1 Å². The summed E-state index contributed by atoms with van der Waals surface area (Å²) >= 11 is 0. The number of aryl methyl sites for hydroxylation is 1. The average molecular weight is 499 g/mol. The smallest absolute Gasteiger partial charge is 0.320 e. The molecule has 2 aliphatic rings. The first-order chi connectivity index (χ1) is 18.0. The van der Waals surface area contributed by atoms with Crippen LogP contribution in [0.25, 0.3) is 22.3 Å². The minimum atomic E-state index is -0.147. The summed E-state index contributed by atoms with van der Waals surface area (Å²) in [5.41, 5.74) is 11.7. The van der Waals surface area contributed by atoms with E-state index in [0.717, 1.165) is 47.7 Å².